The molecule has 1 aromatic carbocycles. The SMILES string of the molecule is C[C@H](CNC(=O)N(C)[C@@H](C)c1ccncc1)Oc1ccc(F)cc1. The molecule has 1 heterocycles. The van der Waals surface area contributed by atoms with E-state index in [-0.39, 0.29) is 24.0 Å². The number of benzene rings is 1. The van der Waals surface area contributed by atoms with E-state index in [0.29, 0.717) is 12.3 Å². The Bertz CT molecular complexity index is 649. The third-order valence-corrected chi connectivity index (χ3v) is 3.78. The average molecular weight is 331 g/mol. The Kier molecular flexibility index (Phi) is 6.12. The van der Waals surface area contributed by atoms with E-state index in [4.69, 9.17) is 4.74 Å². The third-order valence-electron chi connectivity index (χ3n) is 3.78. The average Bonchev–Trinajstić information content (AvgIpc) is 2.61. The molecule has 0 radical (unpaired) electrons. The zero-order valence-electron chi connectivity index (χ0n) is 14.1. The van der Waals surface area contributed by atoms with Gasteiger partial charge in [-0.3, -0.25) is 4.98 Å². The van der Waals surface area contributed by atoms with E-state index < -0.39 is 0 Å². The molecule has 0 aliphatic heterocycles. The minimum Gasteiger partial charge on any atom is -0.489 e. The molecule has 0 fully saturated rings. The summed E-state index contributed by atoms with van der Waals surface area (Å²) in [6, 6.07) is 9.31. The van der Waals surface area contributed by atoms with Gasteiger partial charge < -0.3 is 15.0 Å². The number of ether oxygens (including phenoxy) is 1. The van der Waals surface area contributed by atoms with Crippen LogP contribution in [-0.4, -0.2) is 35.6 Å². The number of nitrogens with zero attached hydrogens (tertiary/aromatic N) is 2. The molecule has 2 rings (SSSR count). The molecule has 0 bridgehead atoms. The van der Waals surface area contributed by atoms with Crippen molar-refractivity contribution >= 4 is 6.03 Å². The van der Waals surface area contributed by atoms with Gasteiger partial charge in [-0.1, -0.05) is 0 Å². The molecule has 1 aromatic heterocycles. The largest absolute Gasteiger partial charge is 0.489 e. The normalized spacial score (nSPS) is 13.0. The summed E-state index contributed by atoms with van der Waals surface area (Å²) in [6.07, 6.45) is 3.18. The molecular weight excluding hydrogens is 309 g/mol. The van der Waals surface area contributed by atoms with E-state index in [1.54, 1.807) is 36.5 Å². The van der Waals surface area contributed by atoms with Gasteiger partial charge in [0.15, 0.2) is 0 Å². The first-order chi connectivity index (χ1) is 11.5. The standard InChI is InChI=1S/C18H22FN3O2/c1-13(24-17-6-4-16(19)5-7-17)12-21-18(23)22(3)14(2)15-8-10-20-11-9-15/h4-11,13-14H,12H2,1-3H3,(H,21,23)/t13-,14+/m1/s1. The van der Waals surface area contributed by atoms with E-state index in [9.17, 15) is 9.18 Å². The Hall–Kier alpha value is -2.63. The molecule has 0 aliphatic carbocycles. The maximum atomic E-state index is 12.9. The summed E-state index contributed by atoms with van der Waals surface area (Å²) < 4.78 is 18.5. The Morgan fingerprint density at radius 1 is 1.21 bits per heavy atom. The predicted molar refractivity (Wildman–Crippen MR) is 90.3 cm³/mol. The molecule has 128 valence electrons. The van der Waals surface area contributed by atoms with E-state index in [1.807, 2.05) is 26.0 Å². The highest BCUT2D eigenvalue weighted by atomic mass is 19.1. The molecule has 0 spiro atoms. The highest BCUT2D eigenvalue weighted by Gasteiger charge is 2.17. The third kappa shape index (κ3) is 4.94. The number of carbonyl (C=O) groups excluding carboxylic acids is 1. The highest BCUT2D eigenvalue weighted by molar-refractivity contribution is 5.74. The summed E-state index contributed by atoms with van der Waals surface area (Å²) in [5.74, 6) is 0.256. The van der Waals surface area contributed by atoms with Crippen LogP contribution in [0.15, 0.2) is 48.8 Å². The number of rotatable bonds is 6. The molecule has 5 nitrogen and oxygen atoms in total. The van der Waals surface area contributed by atoms with Crippen molar-refractivity contribution in [1.82, 2.24) is 15.2 Å². The summed E-state index contributed by atoms with van der Waals surface area (Å²) >= 11 is 0. The summed E-state index contributed by atoms with van der Waals surface area (Å²) in [5.41, 5.74) is 1.01. The van der Waals surface area contributed by atoms with Crippen LogP contribution < -0.4 is 10.1 Å². The molecule has 1 N–H and O–H groups in total. The van der Waals surface area contributed by atoms with Gasteiger partial charge in [-0.2, -0.15) is 0 Å². The van der Waals surface area contributed by atoms with Crippen LogP contribution >= 0.6 is 0 Å². The maximum absolute atomic E-state index is 12.9. The molecule has 0 saturated heterocycles. The maximum Gasteiger partial charge on any atom is 0.317 e. The van der Waals surface area contributed by atoms with Gasteiger partial charge in [-0.05, 0) is 55.8 Å². The number of pyridine rings is 1. The zero-order chi connectivity index (χ0) is 17.5. The molecular formula is C18H22FN3O2. The Morgan fingerprint density at radius 3 is 2.46 bits per heavy atom. The van der Waals surface area contributed by atoms with Crippen LogP contribution in [0, 0.1) is 5.82 Å². The number of aromatic nitrogens is 1. The van der Waals surface area contributed by atoms with Crippen molar-refractivity contribution in [3.05, 3.63) is 60.2 Å². The van der Waals surface area contributed by atoms with Crippen LogP contribution in [0.3, 0.4) is 0 Å². The number of amides is 2. The minimum atomic E-state index is -0.310. The summed E-state index contributed by atoms with van der Waals surface area (Å²) in [7, 11) is 1.74. The summed E-state index contributed by atoms with van der Waals surface area (Å²) in [5, 5.41) is 2.84. The second-order valence-electron chi connectivity index (χ2n) is 5.64. The molecule has 2 amide bonds. The van der Waals surface area contributed by atoms with Crippen molar-refractivity contribution in [2.75, 3.05) is 13.6 Å². The number of carbonyl (C=O) groups is 1. The molecule has 24 heavy (non-hydrogen) atoms. The van der Waals surface area contributed by atoms with Crippen molar-refractivity contribution in [3.63, 3.8) is 0 Å². The van der Waals surface area contributed by atoms with Gasteiger partial charge in [-0.15, -0.1) is 0 Å². The van der Waals surface area contributed by atoms with E-state index in [0.717, 1.165) is 5.56 Å². The van der Waals surface area contributed by atoms with Gasteiger partial charge in [-0.25, -0.2) is 9.18 Å². The van der Waals surface area contributed by atoms with Crippen molar-refractivity contribution in [2.45, 2.75) is 26.0 Å². The van der Waals surface area contributed by atoms with Crippen LogP contribution in [0.4, 0.5) is 9.18 Å². The fraction of sp³-hybridized carbons (Fsp3) is 0.333. The summed E-state index contributed by atoms with van der Waals surface area (Å²) in [4.78, 5) is 17.9. The number of hydrogen-bond acceptors (Lipinski definition) is 3. The van der Waals surface area contributed by atoms with Crippen molar-refractivity contribution in [2.24, 2.45) is 0 Å². The van der Waals surface area contributed by atoms with Crippen LogP contribution in [0.25, 0.3) is 0 Å². The lowest BCUT2D eigenvalue weighted by molar-refractivity contribution is 0.179. The predicted octanol–water partition coefficient (Wildman–Crippen LogP) is 3.39. The number of halogens is 1. The van der Waals surface area contributed by atoms with Gasteiger partial charge in [0.1, 0.15) is 17.7 Å². The van der Waals surface area contributed by atoms with Gasteiger partial charge in [0.25, 0.3) is 0 Å². The Balaban J connectivity index is 1.82. The molecule has 0 saturated carbocycles. The molecule has 0 unspecified atom stereocenters. The zero-order valence-corrected chi connectivity index (χ0v) is 14.1. The number of nitrogens with one attached hydrogen (secondary N) is 1. The quantitative estimate of drug-likeness (QED) is 0.883. The van der Waals surface area contributed by atoms with Crippen molar-refractivity contribution in [1.29, 1.82) is 0 Å². The topological polar surface area (TPSA) is 54.5 Å². The van der Waals surface area contributed by atoms with E-state index in [2.05, 4.69) is 10.3 Å². The Morgan fingerprint density at radius 2 is 1.83 bits per heavy atom. The fourth-order valence-corrected chi connectivity index (χ4v) is 2.18. The Labute approximate surface area is 141 Å². The first-order valence-corrected chi connectivity index (χ1v) is 7.80. The second-order valence-corrected chi connectivity index (χ2v) is 5.64. The van der Waals surface area contributed by atoms with Crippen LogP contribution in [0.2, 0.25) is 0 Å². The monoisotopic (exact) mass is 331 g/mol. The molecule has 2 aromatic rings. The lowest BCUT2D eigenvalue weighted by atomic mass is 10.1. The van der Waals surface area contributed by atoms with Crippen LogP contribution in [0.1, 0.15) is 25.5 Å². The first-order valence-electron chi connectivity index (χ1n) is 7.80. The van der Waals surface area contributed by atoms with Gasteiger partial charge in [0, 0.05) is 19.4 Å². The first kappa shape index (κ1) is 17.7. The van der Waals surface area contributed by atoms with E-state index in [1.165, 1.54) is 12.1 Å². The smallest absolute Gasteiger partial charge is 0.317 e. The van der Waals surface area contributed by atoms with Crippen molar-refractivity contribution < 1.29 is 13.9 Å². The van der Waals surface area contributed by atoms with Crippen LogP contribution in [-0.2, 0) is 0 Å². The molecule has 6 heteroatoms. The lowest BCUT2D eigenvalue weighted by Crippen LogP contribution is -2.42. The number of urea groups is 1. The van der Waals surface area contributed by atoms with Gasteiger partial charge in [0.2, 0.25) is 0 Å². The molecule has 0 aliphatic rings. The van der Waals surface area contributed by atoms with Crippen LogP contribution in [0.5, 0.6) is 5.75 Å². The highest BCUT2D eigenvalue weighted by Crippen LogP contribution is 2.17. The fourth-order valence-electron chi connectivity index (χ4n) is 2.18. The van der Waals surface area contributed by atoms with E-state index >= 15 is 0 Å². The summed E-state index contributed by atoms with van der Waals surface area (Å²) in [6.45, 7) is 4.15. The second kappa shape index (κ2) is 8.29. The molecule has 2 atom stereocenters. The van der Waals surface area contributed by atoms with Gasteiger partial charge in [0.05, 0.1) is 12.6 Å². The lowest BCUT2D eigenvalue weighted by Gasteiger charge is -2.26. The van der Waals surface area contributed by atoms with Gasteiger partial charge >= 0.3 is 6.03 Å². The minimum absolute atomic E-state index is 0.0682. The van der Waals surface area contributed by atoms with Crippen molar-refractivity contribution in [3.8, 4) is 5.75 Å². The number of hydrogen-bond donors (Lipinski definition) is 1.